The minimum absolute atomic E-state index is 0.0568. The summed E-state index contributed by atoms with van der Waals surface area (Å²) in [6.45, 7) is -0.251. The van der Waals surface area contributed by atoms with Gasteiger partial charge in [-0.2, -0.15) is 5.10 Å². The van der Waals surface area contributed by atoms with Gasteiger partial charge in [-0.3, -0.25) is 14.5 Å². The fraction of sp³-hybridized carbons (Fsp3) is 0.136. The first-order valence-corrected chi connectivity index (χ1v) is 10.0. The molecule has 2 aromatic carbocycles. The molecule has 154 valence electrons. The highest BCUT2D eigenvalue weighted by Gasteiger charge is 2.43. The first kappa shape index (κ1) is 20.7. The number of benzene rings is 2. The number of halogens is 3. The summed E-state index contributed by atoms with van der Waals surface area (Å²) in [5.41, 5.74) is 1.72. The fourth-order valence-corrected chi connectivity index (χ4v) is 4.32. The third-order valence-electron chi connectivity index (χ3n) is 5.62. The molecule has 5 nitrogen and oxygen atoms in total. The van der Waals surface area contributed by atoms with Crippen molar-refractivity contribution in [2.75, 3.05) is 0 Å². The van der Waals surface area contributed by atoms with Crippen molar-refractivity contribution in [3.05, 3.63) is 82.3 Å². The van der Waals surface area contributed by atoms with Gasteiger partial charge in [0, 0.05) is 47.3 Å². The van der Waals surface area contributed by atoms with Gasteiger partial charge in [0.15, 0.2) is 5.82 Å². The molecule has 0 spiro atoms. The molecule has 0 unspecified atom stereocenters. The van der Waals surface area contributed by atoms with E-state index in [1.807, 2.05) is 0 Å². The molecule has 32 heavy (non-hydrogen) atoms. The second kappa shape index (κ2) is 7.17. The zero-order chi connectivity index (χ0) is 22.8. The van der Waals surface area contributed by atoms with Crippen molar-refractivity contribution in [3.8, 4) is 11.1 Å². The van der Waals surface area contributed by atoms with Gasteiger partial charge in [-0.15, -0.1) is 0 Å². The Hall–Kier alpha value is -3.19. The number of aromatic nitrogens is 3. The Kier molecular flexibility index (Phi) is 4.64. The van der Waals surface area contributed by atoms with E-state index < -0.39 is 22.9 Å². The lowest BCUT2D eigenvalue weighted by Crippen LogP contribution is -2.44. The third-order valence-corrected chi connectivity index (χ3v) is 5.96. The molecule has 10 heteroatoms. The van der Waals surface area contributed by atoms with Crippen LogP contribution in [-0.2, 0) is 18.9 Å². The van der Waals surface area contributed by atoms with Crippen molar-refractivity contribution in [2.24, 2.45) is 7.05 Å². The van der Waals surface area contributed by atoms with E-state index >= 15 is 4.39 Å². The van der Waals surface area contributed by atoms with Crippen LogP contribution < -0.4 is 0 Å². The molecule has 0 saturated carbocycles. The Morgan fingerprint density at radius 2 is 1.91 bits per heavy atom. The molecule has 0 fully saturated rings. The molecular weight excluding hydrogens is 431 g/mol. The Morgan fingerprint density at radius 1 is 1.12 bits per heavy atom. The average molecular weight is 444 g/mol. The number of carbonyl (C=O) groups is 1. The van der Waals surface area contributed by atoms with Crippen molar-refractivity contribution in [1.82, 2.24) is 19.7 Å². The van der Waals surface area contributed by atoms with Crippen LogP contribution in [0.15, 0.2) is 48.8 Å². The molecule has 5 rings (SSSR count). The lowest BCUT2D eigenvalue weighted by atomic mass is 9.59. The molecule has 3 heterocycles. The number of aryl methyl sites for hydroxylation is 1. The van der Waals surface area contributed by atoms with Gasteiger partial charge >= 0.3 is 0 Å². The molecule has 2 aromatic heterocycles. The van der Waals surface area contributed by atoms with Gasteiger partial charge in [0.1, 0.15) is 11.3 Å². The summed E-state index contributed by atoms with van der Waals surface area (Å²) in [6, 6.07) is 8.81. The molecule has 1 aliphatic heterocycles. The zero-order valence-electron chi connectivity index (χ0n) is 16.8. The van der Waals surface area contributed by atoms with Crippen LogP contribution in [0.1, 0.15) is 21.6 Å². The van der Waals surface area contributed by atoms with Gasteiger partial charge < -0.3 is 4.90 Å². The van der Waals surface area contributed by atoms with Gasteiger partial charge in [-0.25, -0.2) is 8.78 Å². The van der Waals surface area contributed by atoms with Gasteiger partial charge in [-0.05, 0) is 41.5 Å². The second-order valence-corrected chi connectivity index (χ2v) is 8.10. The normalized spacial score (nSPS) is 14.9. The van der Waals surface area contributed by atoms with Crippen LogP contribution in [0.4, 0.5) is 8.78 Å². The predicted molar refractivity (Wildman–Crippen MR) is 118 cm³/mol. The first-order valence-electron chi connectivity index (χ1n) is 9.64. The first-order chi connectivity index (χ1) is 15.2. The minimum Gasteiger partial charge on any atom is -0.340 e. The summed E-state index contributed by atoms with van der Waals surface area (Å²) in [4.78, 5) is 18.1. The molecule has 0 bridgehead atoms. The van der Waals surface area contributed by atoms with E-state index in [0.717, 1.165) is 4.90 Å². The Bertz CT molecular complexity index is 1400. The number of carbonyl (C=O) groups excluding carboxylic acids is 1. The van der Waals surface area contributed by atoms with E-state index in [0.29, 0.717) is 16.5 Å². The van der Waals surface area contributed by atoms with Crippen LogP contribution in [0.5, 0.6) is 0 Å². The second-order valence-electron chi connectivity index (χ2n) is 7.69. The molecular formula is C22H13B2ClF2N4O. The van der Waals surface area contributed by atoms with Crippen LogP contribution >= 0.6 is 11.6 Å². The number of pyridine rings is 1. The third kappa shape index (κ3) is 3.03. The molecule has 0 aliphatic carbocycles. The average Bonchev–Trinajstić information content (AvgIpc) is 3.22. The lowest BCUT2D eigenvalue weighted by molar-refractivity contribution is 0.0729. The highest BCUT2D eigenvalue weighted by Crippen LogP contribution is 2.38. The maximum atomic E-state index is 15.2. The monoisotopic (exact) mass is 444 g/mol. The van der Waals surface area contributed by atoms with E-state index in [-0.39, 0.29) is 33.9 Å². The number of rotatable bonds is 3. The number of fused-ring (bicyclic) bond motifs is 2. The molecule has 0 N–H and O–H groups in total. The largest absolute Gasteiger partial charge is 0.340 e. The number of hydrogen-bond donors (Lipinski definition) is 0. The molecule has 0 atom stereocenters. The number of amides is 1. The Labute approximate surface area is 189 Å². The van der Waals surface area contributed by atoms with Gasteiger partial charge in [-0.1, -0.05) is 17.7 Å². The standard InChI is InChI=1S/C22H13B2ClF2N4O/c1-30-9-14-12(4-5-17(26)19(14)29-30)11-7-16(25)15(18(27)8-11)10-31-21(32)13-3-2-6-28-20(13)22(31,23)24/h2-9H,10H2,1H3. The van der Waals surface area contributed by atoms with Gasteiger partial charge in [0.05, 0.1) is 26.9 Å². The molecule has 1 amide bonds. The zero-order valence-corrected chi connectivity index (χ0v) is 17.6. The Morgan fingerprint density at radius 3 is 2.62 bits per heavy atom. The summed E-state index contributed by atoms with van der Waals surface area (Å²) in [5, 5.41) is 3.00. The fourth-order valence-electron chi connectivity index (χ4n) is 4.05. The summed E-state index contributed by atoms with van der Waals surface area (Å²) in [7, 11) is 14.0. The molecule has 1 aliphatic rings. The van der Waals surface area contributed by atoms with Crippen molar-refractivity contribution >= 4 is 44.1 Å². The maximum absolute atomic E-state index is 15.2. The van der Waals surface area contributed by atoms with E-state index in [1.54, 1.807) is 37.5 Å². The lowest BCUT2D eigenvalue weighted by Gasteiger charge is -2.33. The van der Waals surface area contributed by atoms with Crippen molar-refractivity contribution in [2.45, 2.75) is 11.9 Å². The quantitative estimate of drug-likeness (QED) is 0.453. The van der Waals surface area contributed by atoms with Crippen LogP contribution in [0.3, 0.4) is 0 Å². The van der Waals surface area contributed by atoms with Crippen molar-refractivity contribution < 1.29 is 13.6 Å². The topological polar surface area (TPSA) is 51.0 Å². The smallest absolute Gasteiger partial charge is 0.255 e. The highest BCUT2D eigenvalue weighted by molar-refractivity contribution is 6.42. The van der Waals surface area contributed by atoms with Crippen molar-refractivity contribution in [1.29, 1.82) is 0 Å². The van der Waals surface area contributed by atoms with Crippen LogP contribution in [0.2, 0.25) is 5.02 Å². The van der Waals surface area contributed by atoms with Crippen LogP contribution in [0.25, 0.3) is 22.0 Å². The summed E-state index contributed by atoms with van der Waals surface area (Å²) < 4.78 is 30.8. The van der Waals surface area contributed by atoms with E-state index in [1.165, 1.54) is 23.0 Å². The summed E-state index contributed by atoms with van der Waals surface area (Å²) in [5.74, 6) is -1.59. The van der Waals surface area contributed by atoms with E-state index in [4.69, 9.17) is 27.3 Å². The van der Waals surface area contributed by atoms with Gasteiger partial charge in [0.2, 0.25) is 0 Å². The molecule has 4 aromatic rings. The van der Waals surface area contributed by atoms with Crippen LogP contribution in [-0.4, -0.2) is 41.3 Å². The number of nitrogens with zero attached hydrogens (tertiary/aromatic N) is 4. The molecule has 0 saturated heterocycles. The van der Waals surface area contributed by atoms with Crippen molar-refractivity contribution in [3.63, 3.8) is 0 Å². The van der Waals surface area contributed by atoms with Gasteiger partial charge in [0.25, 0.3) is 5.91 Å². The number of hydrogen-bond acceptors (Lipinski definition) is 3. The van der Waals surface area contributed by atoms with E-state index in [2.05, 4.69) is 10.1 Å². The molecule has 4 radical (unpaired) electrons. The van der Waals surface area contributed by atoms with Crippen LogP contribution in [0, 0.1) is 11.6 Å². The predicted octanol–water partition coefficient (Wildman–Crippen LogP) is 3.67. The Balaban J connectivity index is 1.55. The SMILES string of the molecule is [B]C1([B])c2ncccc2C(=O)N1Cc1c(F)cc(-c2ccc(F)c3nn(C)cc23)cc1Cl. The minimum atomic E-state index is -1.71. The maximum Gasteiger partial charge on any atom is 0.255 e. The highest BCUT2D eigenvalue weighted by atomic mass is 35.5. The van der Waals surface area contributed by atoms with E-state index in [9.17, 15) is 9.18 Å². The summed E-state index contributed by atoms with van der Waals surface area (Å²) >= 11 is 6.43. The summed E-state index contributed by atoms with van der Waals surface area (Å²) in [6.07, 6.45) is 3.13.